The van der Waals surface area contributed by atoms with E-state index in [-0.39, 0.29) is 18.3 Å². The Kier molecular flexibility index (Phi) is 5.85. The van der Waals surface area contributed by atoms with Crippen molar-refractivity contribution >= 4 is 11.9 Å². The molecule has 0 unspecified atom stereocenters. The van der Waals surface area contributed by atoms with Gasteiger partial charge in [0, 0.05) is 20.0 Å². The van der Waals surface area contributed by atoms with Crippen LogP contribution in [0.2, 0.25) is 0 Å². The Morgan fingerprint density at radius 1 is 1.26 bits per heavy atom. The lowest BCUT2D eigenvalue weighted by molar-refractivity contribution is -0.140. The average molecular weight is 316 g/mol. The van der Waals surface area contributed by atoms with E-state index in [1.807, 2.05) is 30.3 Å². The maximum absolute atomic E-state index is 12.2. The lowest BCUT2D eigenvalue weighted by Crippen LogP contribution is -2.28. The van der Waals surface area contributed by atoms with Crippen molar-refractivity contribution in [3.63, 3.8) is 0 Å². The zero-order chi connectivity index (χ0) is 16.7. The van der Waals surface area contributed by atoms with Gasteiger partial charge in [-0.15, -0.1) is 5.10 Å². The number of carbonyl (C=O) groups excluding carboxylic acids is 2. The van der Waals surface area contributed by atoms with Crippen LogP contribution in [0.5, 0.6) is 0 Å². The molecular formula is C16H20N4O3. The van der Waals surface area contributed by atoms with Crippen molar-refractivity contribution in [2.75, 3.05) is 20.7 Å². The number of nitrogens with zero attached hydrogens (tertiary/aromatic N) is 4. The summed E-state index contributed by atoms with van der Waals surface area (Å²) in [6.07, 6.45) is 2.47. The number of rotatable bonds is 7. The lowest BCUT2D eigenvalue weighted by atomic mass is 10.2. The van der Waals surface area contributed by atoms with Crippen LogP contribution >= 0.6 is 0 Å². The molecule has 0 aliphatic rings. The number of methoxy groups -OCH3 is 1. The molecule has 0 aliphatic heterocycles. The summed E-state index contributed by atoms with van der Waals surface area (Å²) < 4.78 is 6.20. The van der Waals surface area contributed by atoms with Gasteiger partial charge in [0.2, 0.25) is 0 Å². The molecule has 0 N–H and O–H groups in total. The van der Waals surface area contributed by atoms with Crippen molar-refractivity contribution < 1.29 is 14.3 Å². The van der Waals surface area contributed by atoms with Crippen LogP contribution in [0, 0.1) is 0 Å². The second-order valence-electron chi connectivity index (χ2n) is 5.19. The first-order valence-electron chi connectivity index (χ1n) is 7.36. The molecule has 122 valence electrons. The number of esters is 1. The molecule has 0 spiro atoms. The van der Waals surface area contributed by atoms with Crippen LogP contribution in [0.3, 0.4) is 0 Å². The number of ether oxygens (including phenoxy) is 1. The minimum absolute atomic E-state index is 0.214. The molecule has 0 radical (unpaired) electrons. The summed E-state index contributed by atoms with van der Waals surface area (Å²) >= 11 is 0. The summed E-state index contributed by atoms with van der Waals surface area (Å²) in [5.74, 6) is -0.492. The van der Waals surface area contributed by atoms with Gasteiger partial charge in [0.15, 0.2) is 5.69 Å². The van der Waals surface area contributed by atoms with Gasteiger partial charge in [-0.05, 0) is 12.0 Å². The van der Waals surface area contributed by atoms with Crippen molar-refractivity contribution in [1.82, 2.24) is 19.9 Å². The molecule has 23 heavy (non-hydrogen) atoms. The highest BCUT2D eigenvalue weighted by molar-refractivity contribution is 5.91. The van der Waals surface area contributed by atoms with Crippen LogP contribution in [0.1, 0.15) is 28.9 Å². The zero-order valence-electron chi connectivity index (χ0n) is 13.3. The van der Waals surface area contributed by atoms with Crippen LogP contribution in [0.15, 0.2) is 36.5 Å². The molecule has 7 heteroatoms. The molecule has 1 heterocycles. The van der Waals surface area contributed by atoms with E-state index >= 15 is 0 Å². The largest absolute Gasteiger partial charge is 0.469 e. The Balaban J connectivity index is 1.88. The first kappa shape index (κ1) is 16.7. The number of benzene rings is 1. The maximum atomic E-state index is 12.2. The number of aromatic nitrogens is 3. The summed E-state index contributed by atoms with van der Waals surface area (Å²) in [5.41, 5.74) is 1.38. The molecule has 0 aliphatic carbocycles. The molecule has 0 saturated carbocycles. The molecule has 2 rings (SSSR count). The van der Waals surface area contributed by atoms with Gasteiger partial charge in [-0.3, -0.25) is 9.59 Å². The third-order valence-corrected chi connectivity index (χ3v) is 3.39. The predicted octanol–water partition coefficient (Wildman–Crippen LogP) is 1.35. The van der Waals surface area contributed by atoms with E-state index < -0.39 is 0 Å². The van der Waals surface area contributed by atoms with Gasteiger partial charge < -0.3 is 9.64 Å². The molecule has 0 atom stereocenters. The molecule has 2 aromatic rings. The minimum Gasteiger partial charge on any atom is -0.469 e. The van der Waals surface area contributed by atoms with Crippen LogP contribution in [-0.2, 0) is 16.1 Å². The standard InChI is InChI=1S/C16H20N4O3/c1-19(10-6-9-15(21)23-2)16(22)14-12-20(18-17-14)11-13-7-4-3-5-8-13/h3-5,7-8,12H,6,9-11H2,1-2H3. The Labute approximate surface area is 134 Å². The van der Waals surface area contributed by atoms with Crippen LogP contribution in [0.4, 0.5) is 0 Å². The van der Waals surface area contributed by atoms with Gasteiger partial charge >= 0.3 is 5.97 Å². The molecule has 1 aromatic heterocycles. The second-order valence-corrected chi connectivity index (χ2v) is 5.19. The number of amides is 1. The van der Waals surface area contributed by atoms with E-state index in [2.05, 4.69) is 15.0 Å². The van der Waals surface area contributed by atoms with Gasteiger partial charge in [-0.25, -0.2) is 4.68 Å². The second kappa shape index (κ2) is 8.07. The summed E-state index contributed by atoms with van der Waals surface area (Å²) in [6, 6.07) is 9.83. The molecule has 7 nitrogen and oxygen atoms in total. The highest BCUT2D eigenvalue weighted by Crippen LogP contribution is 2.05. The SMILES string of the molecule is COC(=O)CCCN(C)C(=O)c1cn(Cc2ccccc2)nn1. The normalized spacial score (nSPS) is 10.3. The number of carbonyl (C=O) groups is 2. The third kappa shape index (κ3) is 4.91. The van der Waals surface area contributed by atoms with E-state index in [0.717, 1.165) is 5.56 Å². The van der Waals surface area contributed by atoms with Crippen LogP contribution in [0.25, 0.3) is 0 Å². The zero-order valence-corrected chi connectivity index (χ0v) is 13.3. The van der Waals surface area contributed by atoms with Crippen LogP contribution in [-0.4, -0.2) is 52.5 Å². The van der Waals surface area contributed by atoms with E-state index in [9.17, 15) is 9.59 Å². The highest BCUT2D eigenvalue weighted by Gasteiger charge is 2.16. The minimum atomic E-state index is -0.278. The quantitative estimate of drug-likeness (QED) is 0.721. The molecule has 0 fully saturated rings. The topological polar surface area (TPSA) is 77.3 Å². The Morgan fingerprint density at radius 2 is 2.00 bits per heavy atom. The van der Waals surface area contributed by atoms with Gasteiger partial charge in [0.25, 0.3) is 5.91 Å². The predicted molar refractivity (Wildman–Crippen MR) is 83.8 cm³/mol. The first-order chi connectivity index (χ1) is 11.1. The molecule has 1 amide bonds. The van der Waals surface area contributed by atoms with Crippen molar-refractivity contribution in [2.24, 2.45) is 0 Å². The third-order valence-electron chi connectivity index (χ3n) is 3.39. The van der Waals surface area contributed by atoms with E-state index in [1.165, 1.54) is 12.0 Å². The first-order valence-corrected chi connectivity index (χ1v) is 7.36. The van der Waals surface area contributed by atoms with E-state index in [4.69, 9.17) is 0 Å². The van der Waals surface area contributed by atoms with Gasteiger partial charge in [-0.1, -0.05) is 35.5 Å². The smallest absolute Gasteiger partial charge is 0.305 e. The van der Waals surface area contributed by atoms with Crippen molar-refractivity contribution in [2.45, 2.75) is 19.4 Å². The number of hydrogen-bond donors (Lipinski definition) is 0. The molecule has 0 bridgehead atoms. The fourth-order valence-corrected chi connectivity index (χ4v) is 2.10. The lowest BCUT2D eigenvalue weighted by Gasteiger charge is -2.14. The summed E-state index contributed by atoms with van der Waals surface area (Å²) in [6.45, 7) is 1.02. The van der Waals surface area contributed by atoms with Crippen molar-refractivity contribution in [1.29, 1.82) is 0 Å². The highest BCUT2D eigenvalue weighted by atomic mass is 16.5. The van der Waals surface area contributed by atoms with E-state index in [1.54, 1.807) is 17.9 Å². The summed E-state index contributed by atoms with van der Waals surface area (Å²) in [5, 5.41) is 7.90. The summed E-state index contributed by atoms with van der Waals surface area (Å²) in [7, 11) is 3.03. The fourth-order valence-electron chi connectivity index (χ4n) is 2.10. The molecular weight excluding hydrogens is 296 g/mol. The maximum Gasteiger partial charge on any atom is 0.305 e. The van der Waals surface area contributed by atoms with Crippen molar-refractivity contribution in [3.05, 3.63) is 47.8 Å². The van der Waals surface area contributed by atoms with Crippen LogP contribution < -0.4 is 0 Å². The Morgan fingerprint density at radius 3 is 2.70 bits per heavy atom. The monoisotopic (exact) mass is 316 g/mol. The fraction of sp³-hybridized carbons (Fsp3) is 0.375. The molecule has 0 saturated heterocycles. The molecule has 1 aromatic carbocycles. The summed E-state index contributed by atoms with van der Waals surface area (Å²) in [4.78, 5) is 24.8. The van der Waals surface area contributed by atoms with Gasteiger partial charge in [0.1, 0.15) is 0 Å². The number of hydrogen-bond acceptors (Lipinski definition) is 5. The van der Waals surface area contributed by atoms with Gasteiger partial charge in [-0.2, -0.15) is 0 Å². The Bertz CT molecular complexity index is 654. The average Bonchev–Trinajstić information content (AvgIpc) is 3.03. The Hall–Kier alpha value is -2.70. The van der Waals surface area contributed by atoms with E-state index in [0.29, 0.717) is 25.2 Å². The van der Waals surface area contributed by atoms with Crippen molar-refractivity contribution in [3.8, 4) is 0 Å². The van der Waals surface area contributed by atoms with Gasteiger partial charge in [0.05, 0.1) is 19.9 Å².